The summed E-state index contributed by atoms with van der Waals surface area (Å²) in [5.41, 5.74) is 4.96. The topological polar surface area (TPSA) is 55.8 Å². The average molecular weight is 419 g/mol. The lowest BCUT2D eigenvalue weighted by atomic mass is 9.86. The Labute approximate surface area is 177 Å². The number of aliphatic hydroxyl groups excluding tert-OH is 1. The van der Waals surface area contributed by atoms with Gasteiger partial charge in [0.1, 0.15) is 17.9 Å². The lowest BCUT2D eigenvalue weighted by Gasteiger charge is -2.38. The van der Waals surface area contributed by atoms with Gasteiger partial charge in [0.2, 0.25) is 0 Å². The van der Waals surface area contributed by atoms with E-state index in [0.29, 0.717) is 30.3 Å². The molecule has 29 heavy (non-hydrogen) atoms. The Hall–Kier alpha value is -1.33. The minimum absolute atomic E-state index is 0.0149. The van der Waals surface area contributed by atoms with Gasteiger partial charge in [-0.1, -0.05) is 40.5 Å². The molecule has 1 aromatic carbocycles. The van der Waals surface area contributed by atoms with Gasteiger partial charge in [0.05, 0.1) is 6.10 Å². The zero-order valence-corrected chi connectivity index (χ0v) is 20.3. The van der Waals surface area contributed by atoms with E-state index in [-0.39, 0.29) is 17.1 Å². The molecule has 0 radical (unpaired) electrons. The van der Waals surface area contributed by atoms with Gasteiger partial charge in [-0.2, -0.15) is 0 Å². The van der Waals surface area contributed by atoms with Crippen LogP contribution in [0.4, 0.5) is 0 Å². The highest BCUT2D eigenvalue weighted by molar-refractivity contribution is 6.74. The fourth-order valence-electron chi connectivity index (χ4n) is 4.56. The molecule has 0 saturated heterocycles. The average Bonchev–Trinajstić information content (AvgIpc) is 3.27. The molecule has 1 fully saturated rings. The van der Waals surface area contributed by atoms with Crippen LogP contribution >= 0.6 is 0 Å². The van der Waals surface area contributed by atoms with Crippen LogP contribution in [0.3, 0.4) is 0 Å². The van der Waals surface area contributed by atoms with Crippen LogP contribution in [0, 0.1) is 12.8 Å². The van der Waals surface area contributed by atoms with E-state index < -0.39 is 8.32 Å². The number of carbonyl (C=O) groups excluding carboxylic acids is 1. The number of hydrogen-bond donors (Lipinski definition) is 1. The summed E-state index contributed by atoms with van der Waals surface area (Å²) in [7, 11) is -2.17. The molecule has 0 spiro atoms. The van der Waals surface area contributed by atoms with Gasteiger partial charge in [0, 0.05) is 12.0 Å². The maximum atomic E-state index is 12.7. The Bertz CT molecular complexity index is 785. The van der Waals surface area contributed by atoms with Gasteiger partial charge in [-0.25, -0.2) is 4.79 Å². The molecule has 1 saturated carbocycles. The highest BCUT2D eigenvalue weighted by Crippen LogP contribution is 2.45. The van der Waals surface area contributed by atoms with Crippen LogP contribution in [-0.4, -0.2) is 25.5 Å². The second kappa shape index (κ2) is 8.07. The van der Waals surface area contributed by atoms with E-state index in [4.69, 9.17) is 9.16 Å². The van der Waals surface area contributed by atoms with Crippen LogP contribution in [0.15, 0.2) is 0 Å². The largest absolute Gasteiger partial charge is 0.543 e. The summed E-state index contributed by atoms with van der Waals surface area (Å²) >= 11 is 0. The number of rotatable bonds is 6. The zero-order chi connectivity index (χ0) is 21.6. The molecule has 0 aromatic heterocycles. The summed E-state index contributed by atoms with van der Waals surface area (Å²) in [4.78, 5) is 12.7. The van der Waals surface area contributed by atoms with Crippen molar-refractivity contribution in [2.75, 3.05) is 0 Å². The van der Waals surface area contributed by atoms with Crippen LogP contribution in [-0.2, 0) is 24.2 Å². The first-order chi connectivity index (χ1) is 13.5. The molecule has 162 valence electrons. The van der Waals surface area contributed by atoms with E-state index in [9.17, 15) is 9.90 Å². The predicted molar refractivity (Wildman–Crippen MR) is 119 cm³/mol. The van der Waals surface area contributed by atoms with E-state index in [1.807, 2.05) is 0 Å². The number of carbonyl (C=O) groups is 1. The zero-order valence-electron chi connectivity index (χ0n) is 19.3. The van der Waals surface area contributed by atoms with Crippen molar-refractivity contribution in [1.29, 1.82) is 0 Å². The molecule has 4 nitrogen and oxygen atoms in total. The van der Waals surface area contributed by atoms with Crippen molar-refractivity contribution in [3.63, 3.8) is 0 Å². The molecule has 2 aliphatic rings. The Morgan fingerprint density at radius 3 is 2.38 bits per heavy atom. The lowest BCUT2D eigenvalue weighted by molar-refractivity contribution is 0.0533. The van der Waals surface area contributed by atoms with E-state index in [1.54, 1.807) is 0 Å². The van der Waals surface area contributed by atoms with Gasteiger partial charge in [0.25, 0.3) is 8.32 Å². The minimum Gasteiger partial charge on any atom is -0.543 e. The highest BCUT2D eigenvalue weighted by atomic mass is 28.4. The van der Waals surface area contributed by atoms with E-state index in [2.05, 4.69) is 47.7 Å². The van der Waals surface area contributed by atoms with Crippen molar-refractivity contribution in [1.82, 2.24) is 0 Å². The van der Waals surface area contributed by atoms with Crippen molar-refractivity contribution in [2.45, 2.75) is 104 Å². The maximum absolute atomic E-state index is 12.7. The van der Waals surface area contributed by atoms with Gasteiger partial charge in [-0.3, -0.25) is 0 Å². The molecule has 1 atom stereocenters. The fraction of sp³-hybridized carbons (Fsp3) is 0.708. The van der Waals surface area contributed by atoms with Gasteiger partial charge in [-0.05, 0) is 66.9 Å². The van der Waals surface area contributed by atoms with Crippen LogP contribution in [0.5, 0.6) is 5.75 Å². The summed E-state index contributed by atoms with van der Waals surface area (Å²) in [6.07, 6.45) is 5.60. The summed E-state index contributed by atoms with van der Waals surface area (Å²) in [5, 5.41) is 11.1. The van der Waals surface area contributed by atoms with Crippen LogP contribution in [0.1, 0.15) is 86.0 Å². The predicted octanol–water partition coefficient (Wildman–Crippen LogP) is 5.71. The molecule has 1 aliphatic carbocycles. The molecule has 3 rings (SSSR count). The molecule has 1 N–H and O–H groups in total. The van der Waals surface area contributed by atoms with Crippen molar-refractivity contribution in [3.05, 3.63) is 27.8 Å². The Morgan fingerprint density at radius 2 is 1.83 bits per heavy atom. The number of fused-ring (bicyclic) bond motifs is 1. The summed E-state index contributed by atoms with van der Waals surface area (Å²) in [6, 6.07) is 0. The number of cyclic esters (lactones) is 1. The molecule has 0 unspecified atom stereocenters. The monoisotopic (exact) mass is 418 g/mol. The number of esters is 1. The first-order valence-electron chi connectivity index (χ1n) is 11.2. The Morgan fingerprint density at radius 1 is 1.21 bits per heavy atom. The van der Waals surface area contributed by atoms with Crippen LogP contribution in [0.25, 0.3) is 0 Å². The third-order valence-electron chi connectivity index (χ3n) is 7.50. The first kappa shape index (κ1) is 22.4. The summed E-state index contributed by atoms with van der Waals surface area (Å²) in [6.45, 7) is 15.6. The number of aliphatic hydroxyl groups is 1. The normalized spacial score (nSPS) is 18.7. The fourth-order valence-corrected chi connectivity index (χ4v) is 5.60. The Kier molecular flexibility index (Phi) is 6.22. The molecule has 0 amide bonds. The van der Waals surface area contributed by atoms with E-state index in [0.717, 1.165) is 36.0 Å². The standard InChI is InChI=1S/C24H38O4Si/c1-8-17-15(2)19-14-27-23(26)21(19)22(28-29(6,7)24(3,4)5)18(17)13-20(25)16-11-9-10-12-16/h16,20,25H,8-14H2,1-7H3/t20-/m0/s1. The SMILES string of the molecule is CCc1c(C)c2c(c(O[Si](C)(C)C(C)(C)C)c1C[C@H](O)C1CCCC1)C(=O)OC2. The van der Waals surface area contributed by atoms with Crippen molar-refractivity contribution >= 4 is 14.3 Å². The van der Waals surface area contributed by atoms with E-state index in [1.165, 1.54) is 18.4 Å². The number of benzene rings is 1. The number of ether oxygens (including phenoxy) is 1. The van der Waals surface area contributed by atoms with Gasteiger partial charge < -0.3 is 14.3 Å². The second-order valence-corrected chi connectivity index (χ2v) is 15.1. The van der Waals surface area contributed by atoms with Crippen molar-refractivity contribution in [3.8, 4) is 5.75 Å². The quantitative estimate of drug-likeness (QED) is 0.475. The van der Waals surface area contributed by atoms with Crippen molar-refractivity contribution in [2.24, 2.45) is 5.92 Å². The summed E-state index contributed by atoms with van der Waals surface area (Å²) in [5.74, 6) is 0.769. The lowest BCUT2D eigenvalue weighted by Crippen LogP contribution is -2.44. The molecule has 1 aliphatic heterocycles. The summed E-state index contributed by atoms with van der Waals surface area (Å²) < 4.78 is 12.2. The second-order valence-electron chi connectivity index (χ2n) is 10.4. The molecule has 0 bridgehead atoms. The number of hydrogen-bond acceptors (Lipinski definition) is 4. The van der Waals surface area contributed by atoms with Crippen LogP contribution in [0.2, 0.25) is 18.1 Å². The third-order valence-corrected chi connectivity index (χ3v) is 11.8. The van der Waals surface area contributed by atoms with Gasteiger partial charge >= 0.3 is 5.97 Å². The molecular weight excluding hydrogens is 380 g/mol. The highest BCUT2D eigenvalue weighted by Gasteiger charge is 2.42. The first-order valence-corrected chi connectivity index (χ1v) is 14.1. The smallest absolute Gasteiger partial charge is 0.342 e. The minimum atomic E-state index is -2.17. The maximum Gasteiger partial charge on any atom is 0.342 e. The molecule has 5 heteroatoms. The van der Waals surface area contributed by atoms with Gasteiger partial charge in [-0.15, -0.1) is 0 Å². The molecule has 1 heterocycles. The van der Waals surface area contributed by atoms with Crippen molar-refractivity contribution < 1.29 is 19.1 Å². The Balaban J connectivity index is 2.14. The van der Waals surface area contributed by atoms with E-state index >= 15 is 0 Å². The van der Waals surface area contributed by atoms with Gasteiger partial charge in [0.15, 0.2) is 0 Å². The third kappa shape index (κ3) is 4.13. The molecular formula is C24H38O4Si. The van der Waals surface area contributed by atoms with Crippen LogP contribution < -0.4 is 4.43 Å². The molecule has 1 aromatic rings.